The number of benzene rings is 2. The molecule has 0 heterocycles. The maximum atomic E-state index is 11.5. The Hall–Kier alpha value is -2.06. The molecule has 0 N–H and O–H groups in total. The summed E-state index contributed by atoms with van der Waals surface area (Å²) in [5, 5.41) is 3.86. The van der Waals surface area contributed by atoms with Crippen LogP contribution in [0.4, 0.5) is 0 Å². The van der Waals surface area contributed by atoms with E-state index in [9.17, 15) is 4.79 Å². The first kappa shape index (κ1) is 23.2. The Balaban J connectivity index is 2.13. The highest BCUT2D eigenvalue weighted by Gasteiger charge is 2.15. The summed E-state index contributed by atoms with van der Waals surface area (Å²) < 4.78 is 17.8. The zero-order valence-corrected chi connectivity index (χ0v) is 19.9. The first-order valence-electron chi connectivity index (χ1n) is 9.09. The van der Waals surface area contributed by atoms with Crippen molar-refractivity contribution in [2.24, 2.45) is 5.16 Å². The third-order valence-corrected chi connectivity index (χ3v) is 5.09. The molecule has 0 aromatic heterocycles. The van der Waals surface area contributed by atoms with Gasteiger partial charge in [0.2, 0.25) is 6.10 Å². The predicted molar refractivity (Wildman–Crippen MR) is 119 cm³/mol. The van der Waals surface area contributed by atoms with Crippen LogP contribution in [0, 0.1) is 0 Å². The van der Waals surface area contributed by atoms with Gasteiger partial charge < -0.3 is 19.0 Å². The van der Waals surface area contributed by atoms with Gasteiger partial charge in [0.25, 0.3) is 0 Å². The largest absolute Gasteiger partial charge is 0.496 e. The zero-order chi connectivity index (χ0) is 21.4. The Morgan fingerprint density at radius 3 is 2.45 bits per heavy atom. The lowest BCUT2D eigenvalue weighted by Crippen LogP contribution is -2.21. The van der Waals surface area contributed by atoms with Gasteiger partial charge in [0, 0.05) is 0 Å². The average molecular weight is 529 g/mol. The van der Waals surface area contributed by atoms with Crippen LogP contribution in [0.15, 0.2) is 44.4 Å². The smallest absolute Gasteiger partial charge is 0.349 e. The number of halogens is 2. The summed E-state index contributed by atoms with van der Waals surface area (Å²) in [6.07, 6.45) is 1.57. The van der Waals surface area contributed by atoms with Crippen LogP contribution < -0.4 is 9.47 Å². The van der Waals surface area contributed by atoms with E-state index in [0.29, 0.717) is 18.1 Å². The maximum Gasteiger partial charge on any atom is 0.349 e. The molecule has 6 nitrogen and oxygen atoms in total. The molecule has 0 aliphatic heterocycles. The molecule has 0 bridgehead atoms. The number of carbonyl (C=O) groups excluding carboxylic acids is 1. The second-order valence-electron chi connectivity index (χ2n) is 5.98. The van der Waals surface area contributed by atoms with Crippen molar-refractivity contribution in [1.82, 2.24) is 0 Å². The molecule has 0 radical (unpaired) electrons. The fourth-order valence-corrected chi connectivity index (χ4v) is 3.83. The number of oxime groups is 1. The summed E-state index contributed by atoms with van der Waals surface area (Å²) in [4.78, 5) is 16.7. The van der Waals surface area contributed by atoms with Gasteiger partial charge >= 0.3 is 5.97 Å². The molecule has 1 atom stereocenters. The quantitative estimate of drug-likeness (QED) is 0.231. The highest BCUT2D eigenvalue weighted by Crippen LogP contribution is 2.38. The number of ether oxygens (including phenoxy) is 3. The second-order valence-corrected chi connectivity index (χ2v) is 7.69. The molecule has 8 heteroatoms. The van der Waals surface area contributed by atoms with Gasteiger partial charge in [0.05, 0.1) is 28.9 Å². The molecular weight excluding hydrogens is 506 g/mol. The van der Waals surface area contributed by atoms with E-state index in [1.165, 1.54) is 6.21 Å². The van der Waals surface area contributed by atoms with Crippen molar-refractivity contribution in [3.05, 3.63) is 50.4 Å². The number of esters is 1. The SMILES string of the molecule is CCOC(=O)C(C)ON=Cc1cc(Br)c(Oc2ccc(OC)c(CC)c2)c(Br)c1. The van der Waals surface area contributed by atoms with E-state index in [2.05, 4.69) is 43.9 Å². The molecule has 0 saturated heterocycles. The number of nitrogens with zero attached hydrogens (tertiary/aromatic N) is 1. The summed E-state index contributed by atoms with van der Waals surface area (Å²) in [5.41, 5.74) is 1.82. The minimum Gasteiger partial charge on any atom is -0.496 e. The molecule has 2 aromatic rings. The van der Waals surface area contributed by atoms with Gasteiger partial charge in [-0.25, -0.2) is 4.79 Å². The molecule has 0 spiro atoms. The van der Waals surface area contributed by atoms with Crippen molar-refractivity contribution in [3.8, 4) is 17.2 Å². The van der Waals surface area contributed by atoms with Crippen LogP contribution in [-0.4, -0.2) is 32.0 Å². The highest BCUT2D eigenvalue weighted by atomic mass is 79.9. The van der Waals surface area contributed by atoms with E-state index < -0.39 is 12.1 Å². The monoisotopic (exact) mass is 527 g/mol. The second kappa shape index (κ2) is 11.2. The van der Waals surface area contributed by atoms with E-state index in [1.807, 2.05) is 30.3 Å². The minimum absolute atomic E-state index is 0.297. The van der Waals surface area contributed by atoms with Gasteiger partial charge in [-0.3, -0.25) is 0 Å². The Bertz CT molecular complexity index is 862. The van der Waals surface area contributed by atoms with Crippen LogP contribution in [0.3, 0.4) is 0 Å². The van der Waals surface area contributed by atoms with Crippen molar-refractivity contribution in [1.29, 1.82) is 0 Å². The van der Waals surface area contributed by atoms with Crippen LogP contribution in [-0.2, 0) is 20.8 Å². The topological polar surface area (TPSA) is 66.4 Å². The molecule has 1 unspecified atom stereocenters. The molecule has 156 valence electrons. The predicted octanol–water partition coefficient (Wildman–Crippen LogP) is 5.88. The van der Waals surface area contributed by atoms with Crippen LogP contribution in [0.5, 0.6) is 17.2 Å². The van der Waals surface area contributed by atoms with Crippen LogP contribution in [0.25, 0.3) is 0 Å². The summed E-state index contributed by atoms with van der Waals surface area (Å²) in [7, 11) is 1.65. The molecule has 0 fully saturated rings. The molecule has 0 aliphatic rings. The number of aryl methyl sites for hydroxylation is 1. The van der Waals surface area contributed by atoms with Crippen molar-refractivity contribution in [2.45, 2.75) is 33.3 Å². The van der Waals surface area contributed by atoms with Gasteiger partial charge in [-0.05, 0) is 93.6 Å². The summed E-state index contributed by atoms with van der Waals surface area (Å²) in [5.74, 6) is 1.72. The third kappa shape index (κ3) is 6.47. The number of hydrogen-bond donors (Lipinski definition) is 0. The van der Waals surface area contributed by atoms with E-state index in [-0.39, 0.29) is 0 Å². The van der Waals surface area contributed by atoms with Gasteiger partial charge in [-0.2, -0.15) is 0 Å². The van der Waals surface area contributed by atoms with Gasteiger partial charge in [0.15, 0.2) is 5.75 Å². The van der Waals surface area contributed by atoms with E-state index >= 15 is 0 Å². The Morgan fingerprint density at radius 1 is 1.17 bits per heavy atom. The van der Waals surface area contributed by atoms with Crippen molar-refractivity contribution in [2.75, 3.05) is 13.7 Å². The molecule has 0 amide bonds. The first-order chi connectivity index (χ1) is 13.9. The Labute approximate surface area is 187 Å². The number of carbonyl (C=O) groups is 1. The molecule has 2 rings (SSSR count). The van der Waals surface area contributed by atoms with Gasteiger partial charge in [0.1, 0.15) is 11.5 Å². The standard InChI is InChI=1S/C21H23Br2NO5/c1-5-15-11-16(7-8-19(15)26-4)28-20-17(22)9-14(10-18(20)23)12-24-29-13(3)21(25)27-6-2/h7-13H,5-6H2,1-4H3. The van der Waals surface area contributed by atoms with Crippen molar-refractivity contribution in [3.63, 3.8) is 0 Å². The van der Waals surface area contributed by atoms with Crippen molar-refractivity contribution >= 4 is 44.0 Å². The Kier molecular flexibility index (Phi) is 8.98. The van der Waals surface area contributed by atoms with E-state index in [1.54, 1.807) is 21.0 Å². The number of hydrogen-bond acceptors (Lipinski definition) is 6. The normalized spacial score (nSPS) is 11.9. The van der Waals surface area contributed by atoms with Crippen LogP contribution in [0.2, 0.25) is 0 Å². The fourth-order valence-electron chi connectivity index (χ4n) is 2.45. The third-order valence-electron chi connectivity index (χ3n) is 3.91. The molecule has 29 heavy (non-hydrogen) atoms. The Morgan fingerprint density at radius 2 is 1.86 bits per heavy atom. The minimum atomic E-state index is -0.775. The molecule has 2 aromatic carbocycles. The van der Waals surface area contributed by atoms with Gasteiger partial charge in [-0.15, -0.1) is 0 Å². The molecular formula is C21H23Br2NO5. The van der Waals surface area contributed by atoms with Gasteiger partial charge in [-0.1, -0.05) is 12.1 Å². The molecule has 0 saturated carbocycles. The lowest BCUT2D eigenvalue weighted by atomic mass is 10.1. The first-order valence-corrected chi connectivity index (χ1v) is 10.7. The van der Waals surface area contributed by atoms with E-state index in [0.717, 1.165) is 32.2 Å². The highest BCUT2D eigenvalue weighted by molar-refractivity contribution is 9.11. The summed E-state index contributed by atoms with van der Waals surface area (Å²) in [6.45, 7) is 5.68. The van der Waals surface area contributed by atoms with Crippen molar-refractivity contribution < 1.29 is 23.8 Å². The number of methoxy groups -OCH3 is 1. The average Bonchev–Trinajstić information content (AvgIpc) is 2.70. The maximum absolute atomic E-state index is 11.5. The van der Waals surface area contributed by atoms with Crippen LogP contribution >= 0.6 is 31.9 Å². The van der Waals surface area contributed by atoms with Crippen LogP contribution in [0.1, 0.15) is 31.9 Å². The molecule has 0 aliphatic carbocycles. The lowest BCUT2D eigenvalue weighted by Gasteiger charge is -2.13. The fraction of sp³-hybridized carbons (Fsp3) is 0.333. The number of rotatable bonds is 9. The van der Waals surface area contributed by atoms with E-state index in [4.69, 9.17) is 19.0 Å². The summed E-state index contributed by atoms with van der Waals surface area (Å²) in [6, 6.07) is 9.38. The lowest BCUT2D eigenvalue weighted by molar-refractivity contribution is -0.155. The summed E-state index contributed by atoms with van der Waals surface area (Å²) >= 11 is 7.06. The zero-order valence-electron chi connectivity index (χ0n) is 16.7.